The van der Waals surface area contributed by atoms with Gasteiger partial charge in [-0.3, -0.25) is 0 Å². The Morgan fingerprint density at radius 2 is 1.78 bits per heavy atom. The number of benzene rings is 1. The number of hydrogen-bond acceptors (Lipinski definition) is 3. The van der Waals surface area contributed by atoms with Crippen LogP contribution in [0.5, 0.6) is 0 Å². The van der Waals surface area contributed by atoms with E-state index < -0.39 is 11.8 Å². The van der Waals surface area contributed by atoms with Crippen molar-refractivity contribution in [2.24, 2.45) is 52.1 Å². The van der Waals surface area contributed by atoms with Crippen molar-refractivity contribution in [3.8, 4) is 0 Å². The molecule has 6 rings (SSSR count). The fourth-order valence-electron chi connectivity index (χ4n) is 10.9. The van der Waals surface area contributed by atoms with Gasteiger partial charge in [-0.05, 0) is 127 Å². The number of rotatable bonds is 2. The molecule has 0 aromatic heterocycles. The number of nitrogens with two attached hydrogens (primary N) is 1. The van der Waals surface area contributed by atoms with Gasteiger partial charge in [-0.2, -0.15) is 0 Å². The zero-order valence-electron chi connectivity index (χ0n) is 22.6. The maximum Gasteiger partial charge on any atom is 0.340 e. The highest BCUT2D eigenvalue weighted by atomic mass is 19.1. The second-order valence-corrected chi connectivity index (χ2v) is 13.7. The van der Waals surface area contributed by atoms with Gasteiger partial charge in [0.1, 0.15) is 5.82 Å². The third-order valence-electron chi connectivity index (χ3n) is 12.5. The van der Waals surface area contributed by atoms with Gasteiger partial charge in [0, 0.05) is 5.54 Å². The van der Waals surface area contributed by atoms with E-state index in [1.165, 1.54) is 76.5 Å². The molecule has 0 spiro atoms. The molecular formula is C32H44FNO2. The minimum Gasteiger partial charge on any atom is -0.465 e. The van der Waals surface area contributed by atoms with E-state index in [0.717, 1.165) is 35.7 Å². The molecule has 4 fully saturated rings. The summed E-state index contributed by atoms with van der Waals surface area (Å²) in [4.78, 5) is 11.9. The molecule has 4 heteroatoms. The van der Waals surface area contributed by atoms with Crippen LogP contribution < -0.4 is 5.73 Å². The number of carbonyl (C=O) groups is 1. The molecule has 0 bridgehead atoms. The first kappa shape index (κ1) is 24.6. The van der Waals surface area contributed by atoms with Gasteiger partial charge in [-0.25, -0.2) is 9.18 Å². The van der Waals surface area contributed by atoms with Gasteiger partial charge in [0.25, 0.3) is 0 Å². The van der Waals surface area contributed by atoms with E-state index in [1.807, 2.05) is 6.07 Å². The molecule has 1 aromatic rings. The molecule has 5 aliphatic carbocycles. The maximum absolute atomic E-state index is 14.8. The van der Waals surface area contributed by atoms with E-state index in [4.69, 9.17) is 10.5 Å². The highest BCUT2D eigenvalue weighted by Gasteiger charge is 2.63. The number of carbonyl (C=O) groups excluding carboxylic acids is 1. The molecule has 3 nitrogen and oxygen atoms in total. The highest BCUT2D eigenvalue weighted by molar-refractivity contribution is 5.90. The lowest BCUT2D eigenvalue weighted by molar-refractivity contribution is -0.162. The Morgan fingerprint density at radius 3 is 2.53 bits per heavy atom. The Kier molecular flexibility index (Phi) is 5.76. The maximum atomic E-state index is 14.8. The molecule has 9 unspecified atom stereocenters. The lowest BCUT2D eigenvalue weighted by atomic mass is 9.38. The third kappa shape index (κ3) is 3.35. The molecule has 9 atom stereocenters. The number of halogens is 1. The van der Waals surface area contributed by atoms with Crippen molar-refractivity contribution in [3.05, 3.63) is 41.2 Å². The summed E-state index contributed by atoms with van der Waals surface area (Å²) in [5.74, 6) is 3.04. The minimum atomic E-state index is -0.619. The Morgan fingerprint density at radius 1 is 1.00 bits per heavy atom. The molecule has 4 saturated carbocycles. The second kappa shape index (κ2) is 8.41. The van der Waals surface area contributed by atoms with E-state index in [-0.39, 0.29) is 16.5 Å². The Balaban J connectivity index is 1.29. The normalized spacial score (nSPS) is 45.6. The Bertz CT molecular complexity index is 1100. The Hall–Kier alpha value is -1.68. The number of methoxy groups -OCH3 is 1. The van der Waals surface area contributed by atoms with Crippen molar-refractivity contribution in [2.75, 3.05) is 7.11 Å². The van der Waals surface area contributed by atoms with E-state index in [2.05, 4.69) is 26.8 Å². The van der Waals surface area contributed by atoms with Crippen LogP contribution in [0.2, 0.25) is 0 Å². The predicted molar refractivity (Wildman–Crippen MR) is 142 cm³/mol. The van der Waals surface area contributed by atoms with Crippen LogP contribution in [0.4, 0.5) is 4.39 Å². The van der Waals surface area contributed by atoms with Crippen molar-refractivity contribution < 1.29 is 13.9 Å². The fourth-order valence-corrected chi connectivity index (χ4v) is 10.9. The van der Waals surface area contributed by atoms with E-state index >= 15 is 0 Å². The lowest BCUT2D eigenvalue weighted by Gasteiger charge is -2.67. The van der Waals surface area contributed by atoms with Gasteiger partial charge >= 0.3 is 5.97 Å². The summed E-state index contributed by atoms with van der Waals surface area (Å²) in [7, 11) is 1.29. The van der Waals surface area contributed by atoms with Crippen LogP contribution in [0.25, 0.3) is 5.57 Å². The van der Waals surface area contributed by atoms with Crippen LogP contribution in [-0.2, 0) is 4.74 Å². The van der Waals surface area contributed by atoms with E-state index in [9.17, 15) is 9.18 Å². The van der Waals surface area contributed by atoms with Gasteiger partial charge in [0.2, 0.25) is 0 Å². The number of allylic oxidation sites excluding steroid dienone is 2. The first-order chi connectivity index (χ1) is 17.1. The lowest BCUT2D eigenvalue weighted by Crippen LogP contribution is -2.62. The number of hydrogen-bond donors (Lipinski definition) is 1. The van der Waals surface area contributed by atoms with E-state index in [0.29, 0.717) is 17.3 Å². The average Bonchev–Trinajstić information content (AvgIpc) is 3.25. The zero-order valence-corrected chi connectivity index (χ0v) is 22.6. The molecule has 0 heterocycles. The summed E-state index contributed by atoms with van der Waals surface area (Å²) in [5, 5.41) is 0. The second-order valence-electron chi connectivity index (χ2n) is 13.7. The number of esters is 1. The van der Waals surface area contributed by atoms with Crippen molar-refractivity contribution >= 4 is 11.5 Å². The number of fused-ring (bicyclic) bond motifs is 7. The molecular weight excluding hydrogens is 449 g/mol. The minimum absolute atomic E-state index is 0.0107. The summed E-state index contributed by atoms with van der Waals surface area (Å²) in [6.45, 7) is 7.59. The largest absolute Gasteiger partial charge is 0.465 e. The summed E-state index contributed by atoms with van der Waals surface area (Å²) >= 11 is 0. The van der Waals surface area contributed by atoms with Crippen molar-refractivity contribution in [1.82, 2.24) is 0 Å². The van der Waals surface area contributed by atoms with Crippen LogP contribution >= 0.6 is 0 Å². The molecule has 0 aliphatic heterocycles. The van der Waals surface area contributed by atoms with Crippen molar-refractivity contribution in [3.63, 3.8) is 0 Å². The topological polar surface area (TPSA) is 52.3 Å². The van der Waals surface area contributed by atoms with Crippen LogP contribution in [0.15, 0.2) is 24.3 Å². The zero-order chi connectivity index (χ0) is 25.5. The van der Waals surface area contributed by atoms with Crippen LogP contribution in [0.1, 0.15) is 101 Å². The molecule has 0 amide bonds. The fraction of sp³-hybridized carbons (Fsp3) is 0.719. The first-order valence-corrected chi connectivity index (χ1v) is 14.5. The Labute approximate surface area is 216 Å². The third-order valence-corrected chi connectivity index (χ3v) is 12.5. The van der Waals surface area contributed by atoms with Crippen molar-refractivity contribution in [2.45, 2.75) is 90.5 Å². The molecule has 5 aliphatic rings. The van der Waals surface area contributed by atoms with Gasteiger partial charge in [0.15, 0.2) is 0 Å². The summed E-state index contributed by atoms with van der Waals surface area (Å²) in [6.07, 6.45) is 15.2. The van der Waals surface area contributed by atoms with Crippen molar-refractivity contribution in [1.29, 1.82) is 0 Å². The van der Waals surface area contributed by atoms with Gasteiger partial charge in [-0.1, -0.05) is 39.3 Å². The summed E-state index contributed by atoms with van der Waals surface area (Å²) in [5.41, 5.74) is 10.00. The van der Waals surface area contributed by atoms with Crippen LogP contribution in [0, 0.1) is 52.2 Å². The van der Waals surface area contributed by atoms with Crippen LogP contribution in [-0.4, -0.2) is 18.6 Å². The van der Waals surface area contributed by atoms with E-state index in [1.54, 1.807) is 6.07 Å². The standard InChI is InChI=1S/C32H44FNO2/c1-19-21(20-7-8-23(27(33)18-20)29(35)36-4)11-15-30(2)24(19)12-16-31(3)25-13-17-32(34)14-5-6-26(32)22(25)9-10-28(30)31/h7-8,11,18-19,22,24-26,28H,5-6,9-10,12-17,34H2,1-4H3. The smallest absolute Gasteiger partial charge is 0.340 e. The van der Waals surface area contributed by atoms with Gasteiger partial charge in [0.05, 0.1) is 12.7 Å². The molecule has 36 heavy (non-hydrogen) atoms. The summed E-state index contributed by atoms with van der Waals surface area (Å²) < 4.78 is 19.5. The molecule has 0 radical (unpaired) electrons. The predicted octanol–water partition coefficient (Wildman–Crippen LogP) is 7.39. The molecule has 1 aromatic carbocycles. The highest BCUT2D eigenvalue weighted by Crippen LogP contribution is 2.70. The monoisotopic (exact) mass is 493 g/mol. The first-order valence-electron chi connectivity index (χ1n) is 14.5. The molecule has 2 N–H and O–H groups in total. The van der Waals surface area contributed by atoms with Crippen LogP contribution in [0.3, 0.4) is 0 Å². The molecule has 0 saturated heterocycles. The van der Waals surface area contributed by atoms with Gasteiger partial charge < -0.3 is 10.5 Å². The molecule has 196 valence electrons. The number of ether oxygens (including phenoxy) is 1. The van der Waals surface area contributed by atoms with Gasteiger partial charge in [-0.15, -0.1) is 0 Å². The quantitative estimate of drug-likeness (QED) is 0.437. The average molecular weight is 494 g/mol. The summed E-state index contributed by atoms with van der Waals surface area (Å²) in [6, 6.07) is 5.03. The SMILES string of the molecule is COC(=O)c1ccc(C2=CCC3(C)C(CCC4(C)C5CCC6(N)CCCC6C5CCC34)C2C)cc1F.